The SMILES string of the molecule is O=C(N/N=C/C(Br)=C/c1ccccc1)c1n[nH]c2c1CCC2. The molecule has 0 fully saturated rings. The molecule has 2 N–H and O–H groups in total. The van der Waals surface area contributed by atoms with Crippen LogP contribution in [0.5, 0.6) is 0 Å². The van der Waals surface area contributed by atoms with Gasteiger partial charge in [0, 0.05) is 15.7 Å². The first kappa shape index (κ1) is 14.7. The van der Waals surface area contributed by atoms with Crippen LogP contribution in [0.1, 0.15) is 33.7 Å². The Hall–Kier alpha value is -2.21. The van der Waals surface area contributed by atoms with E-state index in [1.54, 1.807) is 6.21 Å². The molecule has 112 valence electrons. The number of allylic oxidation sites excluding steroid dienone is 1. The highest BCUT2D eigenvalue weighted by Gasteiger charge is 2.22. The number of aryl methyl sites for hydroxylation is 1. The molecule has 1 aliphatic carbocycles. The summed E-state index contributed by atoms with van der Waals surface area (Å²) in [6, 6.07) is 9.86. The van der Waals surface area contributed by atoms with Gasteiger partial charge in [-0.3, -0.25) is 9.89 Å². The highest BCUT2D eigenvalue weighted by atomic mass is 79.9. The van der Waals surface area contributed by atoms with Gasteiger partial charge >= 0.3 is 0 Å². The average molecular weight is 359 g/mol. The van der Waals surface area contributed by atoms with Crippen LogP contribution in [0.2, 0.25) is 0 Å². The van der Waals surface area contributed by atoms with Crippen molar-refractivity contribution in [3.05, 3.63) is 57.3 Å². The maximum absolute atomic E-state index is 12.1. The van der Waals surface area contributed by atoms with E-state index in [9.17, 15) is 4.79 Å². The number of hydrazone groups is 1. The quantitative estimate of drug-likeness (QED) is 0.651. The van der Waals surface area contributed by atoms with Crippen LogP contribution in [0, 0.1) is 0 Å². The number of hydrogen-bond acceptors (Lipinski definition) is 3. The van der Waals surface area contributed by atoms with Gasteiger partial charge < -0.3 is 0 Å². The van der Waals surface area contributed by atoms with Gasteiger partial charge in [-0.1, -0.05) is 30.3 Å². The maximum Gasteiger partial charge on any atom is 0.292 e. The van der Waals surface area contributed by atoms with Crippen LogP contribution in [-0.4, -0.2) is 22.3 Å². The Kier molecular flexibility index (Phi) is 4.48. The zero-order valence-electron chi connectivity index (χ0n) is 11.8. The number of hydrogen-bond donors (Lipinski definition) is 2. The van der Waals surface area contributed by atoms with Gasteiger partial charge in [0.05, 0.1) is 6.21 Å². The first-order chi connectivity index (χ1) is 10.7. The monoisotopic (exact) mass is 358 g/mol. The van der Waals surface area contributed by atoms with Gasteiger partial charge in [-0.15, -0.1) is 0 Å². The number of aromatic nitrogens is 2. The molecule has 0 radical (unpaired) electrons. The van der Waals surface area contributed by atoms with E-state index in [2.05, 4.69) is 36.7 Å². The summed E-state index contributed by atoms with van der Waals surface area (Å²) >= 11 is 3.40. The van der Waals surface area contributed by atoms with E-state index in [1.165, 1.54) is 0 Å². The van der Waals surface area contributed by atoms with E-state index in [0.29, 0.717) is 5.69 Å². The molecule has 0 saturated carbocycles. The summed E-state index contributed by atoms with van der Waals surface area (Å²) in [4.78, 5) is 12.1. The molecule has 3 rings (SSSR count). The number of nitrogens with one attached hydrogen (secondary N) is 2. The Morgan fingerprint density at radius 1 is 1.32 bits per heavy atom. The van der Waals surface area contributed by atoms with Crippen LogP contribution in [0.15, 0.2) is 39.9 Å². The predicted molar refractivity (Wildman–Crippen MR) is 89.9 cm³/mol. The predicted octanol–water partition coefficient (Wildman–Crippen LogP) is 3.05. The standard InChI is InChI=1S/C16H15BrN4O/c17-12(9-11-5-2-1-3-6-11)10-18-21-16(22)15-13-7-4-8-14(13)19-20-15/h1-3,5-6,9-10H,4,7-8H2,(H,19,20)(H,21,22)/b12-9-,18-10+. The molecule has 6 heteroatoms. The minimum atomic E-state index is -0.282. The van der Waals surface area contributed by atoms with Crippen LogP contribution in [0.4, 0.5) is 0 Å². The molecule has 0 bridgehead atoms. The lowest BCUT2D eigenvalue weighted by atomic mass is 10.2. The lowest BCUT2D eigenvalue weighted by Gasteiger charge is -1.98. The van der Waals surface area contributed by atoms with Crippen LogP contribution >= 0.6 is 15.9 Å². The summed E-state index contributed by atoms with van der Waals surface area (Å²) in [6.45, 7) is 0. The zero-order chi connectivity index (χ0) is 15.4. The lowest BCUT2D eigenvalue weighted by Crippen LogP contribution is -2.19. The summed E-state index contributed by atoms with van der Waals surface area (Å²) < 4.78 is 0.770. The molecule has 0 atom stereocenters. The molecule has 1 amide bonds. The van der Waals surface area contributed by atoms with Gasteiger partial charge in [-0.25, -0.2) is 5.43 Å². The highest BCUT2D eigenvalue weighted by molar-refractivity contribution is 9.12. The largest absolute Gasteiger partial charge is 0.292 e. The minimum absolute atomic E-state index is 0.282. The minimum Gasteiger partial charge on any atom is -0.281 e. The normalized spacial score (nSPS) is 14.3. The maximum atomic E-state index is 12.1. The van der Waals surface area contributed by atoms with Gasteiger partial charge in [0.15, 0.2) is 5.69 Å². The molecule has 0 aliphatic heterocycles. The third kappa shape index (κ3) is 3.33. The van der Waals surface area contributed by atoms with Crippen molar-refractivity contribution >= 4 is 34.1 Å². The first-order valence-electron chi connectivity index (χ1n) is 7.06. The van der Waals surface area contributed by atoms with E-state index in [-0.39, 0.29) is 5.91 Å². The number of benzene rings is 1. The van der Waals surface area contributed by atoms with E-state index >= 15 is 0 Å². The average Bonchev–Trinajstić information content (AvgIpc) is 3.10. The highest BCUT2D eigenvalue weighted by Crippen LogP contribution is 2.22. The summed E-state index contributed by atoms with van der Waals surface area (Å²) in [7, 11) is 0. The van der Waals surface area contributed by atoms with Crippen molar-refractivity contribution in [2.45, 2.75) is 19.3 Å². The second kappa shape index (κ2) is 6.70. The van der Waals surface area contributed by atoms with E-state index in [4.69, 9.17) is 0 Å². The Morgan fingerprint density at radius 3 is 2.95 bits per heavy atom. The smallest absolute Gasteiger partial charge is 0.281 e. The summed E-state index contributed by atoms with van der Waals surface area (Å²) in [6.07, 6.45) is 6.40. The van der Waals surface area contributed by atoms with Crippen LogP contribution < -0.4 is 5.43 Å². The fourth-order valence-corrected chi connectivity index (χ4v) is 2.83. The summed E-state index contributed by atoms with van der Waals surface area (Å²) in [5, 5.41) is 10.9. The molecular formula is C16H15BrN4O. The van der Waals surface area contributed by atoms with E-state index < -0.39 is 0 Å². The number of rotatable bonds is 4. The number of carbonyl (C=O) groups excluding carboxylic acids is 1. The topological polar surface area (TPSA) is 70.1 Å². The van der Waals surface area contributed by atoms with Gasteiger partial charge in [0.25, 0.3) is 5.91 Å². The van der Waals surface area contributed by atoms with Gasteiger partial charge in [0.1, 0.15) is 0 Å². The number of nitrogens with zero attached hydrogens (tertiary/aromatic N) is 2. The Bertz CT molecular complexity index is 734. The summed E-state index contributed by atoms with van der Waals surface area (Å²) in [5.74, 6) is -0.282. The molecule has 2 aromatic rings. The molecule has 22 heavy (non-hydrogen) atoms. The second-order valence-electron chi connectivity index (χ2n) is 5.02. The third-order valence-electron chi connectivity index (χ3n) is 3.48. The molecule has 0 unspecified atom stereocenters. The Morgan fingerprint density at radius 2 is 2.14 bits per heavy atom. The molecule has 1 heterocycles. The zero-order valence-corrected chi connectivity index (χ0v) is 13.4. The number of H-pyrrole nitrogens is 1. The number of carbonyl (C=O) groups is 1. The molecule has 1 aromatic carbocycles. The number of amides is 1. The molecule has 0 saturated heterocycles. The van der Waals surface area contributed by atoms with Crippen LogP contribution in [-0.2, 0) is 12.8 Å². The molecule has 0 spiro atoms. The number of halogens is 1. The second-order valence-corrected chi connectivity index (χ2v) is 5.94. The van der Waals surface area contributed by atoms with Crippen molar-refractivity contribution in [2.75, 3.05) is 0 Å². The molecule has 1 aliphatic rings. The van der Waals surface area contributed by atoms with Crippen molar-refractivity contribution in [1.29, 1.82) is 0 Å². The Labute approximate surface area is 136 Å². The van der Waals surface area contributed by atoms with Gasteiger partial charge in [-0.05, 0) is 46.8 Å². The van der Waals surface area contributed by atoms with Crippen molar-refractivity contribution in [1.82, 2.24) is 15.6 Å². The van der Waals surface area contributed by atoms with Gasteiger partial charge in [-0.2, -0.15) is 10.2 Å². The fourth-order valence-electron chi connectivity index (χ4n) is 2.46. The van der Waals surface area contributed by atoms with Crippen molar-refractivity contribution in [2.24, 2.45) is 5.10 Å². The lowest BCUT2D eigenvalue weighted by molar-refractivity contribution is 0.0949. The van der Waals surface area contributed by atoms with Crippen molar-refractivity contribution in [3.63, 3.8) is 0 Å². The van der Waals surface area contributed by atoms with E-state index in [1.807, 2.05) is 36.4 Å². The van der Waals surface area contributed by atoms with Crippen molar-refractivity contribution in [3.8, 4) is 0 Å². The first-order valence-corrected chi connectivity index (χ1v) is 7.85. The summed E-state index contributed by atoms with van der Waals surface area (Å²) in [5.41, 5.74) is 6.10. The molecule has 5 nitrogen and oxygen atoms in total. The van der Waals surface area contributed by atoms with Crippen molar-refractivity contribution < 1.29 is 4.79 Å². The third-order valence-corrected chi connectivity index (χ3v) is 3.91. The number of fused-ring (bicyclic) bond motifs is 1. The van der Waals surface area contributed by atoms with Crippen LogP contribution in [0.25, 0.3) is 6.08 Å². The molecule has 1 aromatic heterocycles. The molecular weight excluding hydrogens is 344 g/mol. The van der Waals surface area contributed by atoms with E-state index in [0.717, 1.165) is 40.6 Å². The number of aromatic amines is 1. The Balaban J connectivity index is 1.62. The fraction of sp³-hybridized carbons (Fsp3) is 0.188. The van der Waals surface area contributed by atoms with Crippen LogP contribution in [0.3, 0.4) is 0 Å². The van der Waals surface area contributed by atoms with Gasteiger partial charge in [0.2, 0.25) is 0 Å².